The lowest BCUT2D eigenvalue weighted by Crippen LogP contribution is -2.14. The highest BCUT2D eigenvalue weighted by molar-refractivity contribution is 7.91. The normalized spacial score (nSPS) is 13.6. The molecule has 6 nitrogen and oxygen atoms in total. The van der Waals surface area contributed by atoms with Gasteiger partial charge in [0, 0.05) is 45.2 Å². The zero-order chi connectivity index (χ0) is 28.8. The molecule has 0 fully saturated rings. The Hall–Kier alpha value is -3.98. The summed E-state index contributed by atoms with van der Waals surface area (Å²) >= 11 is 0. The van der Waals surface area contributed by atoms with Crippen LogP contribution in [0.4, 0.5) is 0 Å². The largest absolute Gasteiger partial charge is 0.341 e. The van der Waals surface area contributed by atoms with Gasteiger partial charge in [0.15, 0.2) is 9.84 Å². The molecule has 40 heavy (non-hydrogen) atoms. The molecule has 0 radical (unpaired) electrons. The highest BCUT2D eigenvalue weighted by atomic mass is 32.2. The number of aromatic nitrogens is 1. The average Bonchev–Trinajstić information content (AvgIpc) is 3.21. The van der Waals surface area contributed by atoms with E-state index in [1.165, 1.54) is 12.3 Å². The summed E-state index contributed by atoms with van der Waals surface area (Å²) < 4.78 is 60.4. The molecule has 0 aliphatic heterocycles. The van der Waals surface area contributed by atoms with E-state index in [4.69, 9.17) is 0 Å². The first kappa shape index (κ1) is 27.6. The van der Waals surface area contributed by atoms with Crippen LogP contribution in [0.5, 0.6) is 0 Å². The summed E-state index contributed by atoms with van der Waals surface area (Å²) in [6, 6.07) is 17.7. The van der Waals surface area contributed by atoms with E-state index < -0.39 is 20.0 Å². The summed E-state index contributed by atoms with van der Waals surface area (Å²) in [4.78, 5) is 0.199. The van der Waals surface area contributed by atoms with E-state index in [1.54, 1.807) is 24.3 Å². The van der Waals surface area contributed by atoms with Crippen LogP contribution in [0.15, 0.2) is 101 Å². The Morgan fingerprint density at radius 1 is 0.850 bits per heavy atom. The number of aryl methyl sites for hydroxylation is 2. The lowest BCUT2D eigenvalue weighted by atomic mass is 9.95. The average molecular weight is 572 g/mol. The molecule has 204 valence electrons. The molecule has 0 saturated heterocycles. The van der Waals surface area contributed by atoms with E-state index in [9.17, 15) is 21.4 Å². The second kappa shape index (κ2) is 10.2. The first-order chi connectivity index (χ1) is 18.9. The number of fused-ring (bicyclic) bond motifs is 1. The maximum atomic E-state index is 12.3. The molecular weight excluding hydrogens is 542 g/mol. The van der Waals surface area contributed by atoms with Crippen LogP contribution in [0.25, 0.3) is 44.1 Å². The van der Waals surface area contributed by atoms with E-state index in [0.29, 0.717) is 22.2 Å². The summed E-state index contributed by atoms with van der Waals surface area (Å²) in [5, 5.41) is 4.65. The predicted octanol–water partition coefficient (Wildman–Crippen LogP) is 6.25. The van der Waals surface area contributed by atoms with E-state index in [1.807, 2.05) is 74.6 Å². The van der Waals surface area contributed by atoms with Gasteiger partial charge in [-0.15, -0.1) is 0 Å². The smallest absolute Gasteiger partial charge is 0.295 e. The Bertz CT molecular complexity index is 2170. The van der Waals surface area contributed by atoms with Crippen LogP contribution in [-0.2, 0) is 26.5 Å². The van der Waals surface area contributed by atoms with Crippen LogP contribution < -0.4 is 5.35 Å². The van der Waals surface area contributed by atoms with Crippen molar-refractivity contribution in [1.29, 1.82) is 0 Å². The van der Waals surface area contributed by atoms with Gasteiger partial charge in [-0.3, -0.25) is 4.55 Å². The van der Waals surface area contributed by atoms with Gasteiger partial charge in [0.1, 0.15) is 4.90 Å². The first-order valence-electron chi connectivity index (χ1n) is 12.7. The number of nitrogens with zero attached hydrogens (tertiary/aromatic N) is 1. The molecule has 8 heteroatoms. The number of sulfone groups is 1. The quantitative estimate of drug-likeness (QED) is 0.184. The SMILES string of the molecule is C=C(/C=C/C=C/C=c1/c2cccc3c(S(=O)(=O)O)ccc(c32)n1CC)c1cccc2c(S(C)(=O)=O)ccc(C)c12. The molecule has 0 spiro atoms. The van der Waals surface area contributed by atoms with Crippen molar-refractivity contribution in [2.75, 3.05) is 6.26 Å². The summed E-state index contributed by atoms with van der Waals surface area (Å²) in [5.74, 6) is 0. The zero-order valence-electron chi connectivity index (χ0n) is 22.4. The third-order valence-corrected chi connectivity index (χ3v) is 9.23. The van der Waals surface area contributed by atoms with Crippen LogP contribution in [-0.4, -0.2) is 32.2 Å². The molecule has 0 unspecified atom stereocenters. The van der Waals surface area contributed by atoms with Crippen LogP contribution in [0.2, 0.25) is 0 Å². The van der Waals surface area contributed by atoms with Crippen molar-refractivity contribution in [3.8, 4) is 0 Å². The van der Waals surface area contributed by atoms with Gasteiger partial charge in [-0.25, -0.2) is 8.42 Å². The molecule has 1 heterocycles. The monoisotopic (exact) mass is 571 g/mol. The van der Waals surface area contributed by atoms with Gasteiger partial charge in [-0.05, 0) is 60.2 Å². The van der Waals surface area contributed by atoms with Crippen LogP contribution in [0.1, 0.15) is 18.1 Å². The lowest BCUT2D eigenvalue weighted by molar-refractivity contribution is 0.484. The molecule has 1 aromatic heterocycles. The Morgan fingerprint density at radius 3 is 2.17 bits per heavy atom. The molecule has 5 rings (SSSR count). The van der Waals surface area contributed by atoms with Gasteiger partial charge in [-0.2, -0.15) is 8.42 Å². The van der Waals surface area contributed by atoms with Crippen LogP contribution in [0, 0.1) is 6.92 Å². The molecule has 1 N–H and O–H groups in total. The van der Waals surface area contributed by atoms with Crippen molar-refractivity contribution < 1.29 is 21.4 Å². The Kier molecular flexibility index (Phi) is 7.04. The minimum absolute atomic E-state index is 0.102. The zero-order valence-corrected chi connectivity index (χ0v) is 24.1. The second-order valence-electron chi connectivity index (χ2n) is 9.73. The molecular formula is C32H29NO5S2. The Balaban J connectivity index is 1.53. The second-order valence-corrected chi connectivity index (χ2v) is 13.1. The van der Waals surface area contributed by atoms with Crippen molar-refractivity contribution in [3.05, 3.63) is 108 Å². The van der Waals surface area contributed by atoms with E-state index in [2.05, 4.69) is 11.1 Å². The fourth-order valence-electron chi connectivity index (χ4n) is 5.44. The van der Waals surface area contributed by atoms with Gasteiger partial charge in [0.2, 0.25) is 0 Å². The van der Waals surface area contributed by atoms with Crippen molar-refractivity contribution in [2.45, 2.75) is 30.2 Å². The highest BCUT2D eigenvalue weighted by Gasteiger charge is 2.19. The van der Waals surface area contributed by atoms with Gasteiger partial charge in [0.25, 0.3) is 10.1 Å². The van der Waals surface area contributed by atoms with Gasteiger partial charge < -0.3 is 4.57 Å². The molecule has 5 aromatic rings. The topological polar surface area (TPSA) is 93.4 Å². The van der Waals surface area contributed by atoms with Crippen molar-refractivity contribution in [3.63, 3.8) is 0 Å². The molecule has 0 bridgehead atoms. The fraction of sp³-hybridized carbons (Fsp3) is 0.125. The molecule has 0 aliphatic carbocycles. The molecule has 0 saturated carbocycles. The maximum Gasteiger partial charge on any atom is 0.295 e. The lowest BCUT2D eigenvalue weighted by Gasteiger charge is -2.12. The van der Waals surface area contributed by atoms with Crippen molar-refractivity contribution in [2.24, 2.45) is 0 Å². The number of rotatable bonds is 7. The summed E-state index contributed by atoms with van der Waals surface area (Å²) in [7, 11) is -7.74. The van der Waals surface area contributed by atoms with Gasteiger partial charge >= 0.3 is 0 Å². The number of allylic oxidation sites excluding steroid dienone is 5. The van der Waals surface area contributed by atoms with Crippen LogP contribution >= 0.6 is 0 Å². The molecule has 0 aliphatic rings. The number of hydrogen-bond acceptors (Lipinski definition) is 4. The molecule has 0 atom stereocenters. The summed E-state index contributed by atoms with van der Waals surface area (Å²) in [6.07, 6.45) is 10.7. The highest BCUT2D eigenvalue weighted by Crippen LogP contribution is 2.33. The Morgan fingerprint density at radius 2 is 1.50 bits per heavy atom. The van der Waals surface area contributed by atoms with Crippen molar-refractivity contribution in [1.82, 2.24) is 4.57 Å². The van der Waals surface area contributed by atoms with E-state index >= 15 is 0 Å². The summed E-state index contributed by atoms with van der Waals surface area (Å²) in [6.45, 7) is 8.89. The third kappa shape index (κ3) is 4.79. The Labute approximate surface area is 233 Å². The van der Waals surface area contributed by atoms with Gasteiger partial charge in [0.05, 0.1) is 4.90 Å². The maximum absolute atomic E-state index is 12.3. The predicted molar refractivity (Wildman–Crippen MR) is 164 cm³/mol. The van der Waals surface area contributed by atoms with E-state index in [-0.39, 0.29) is 4.90 Å². The van der Waals surface area contributed by atoms with Gasteiger partial charge in [-0.1, -0.05) is 73.3 Å². The first-order valence-corrected chi connectivity index (χ1v) is 16.0. The standard InChI is InChI=1S/C32H29NO5S2/c1-5-33-27(24-13-10-15-26-30(40(36,37)38)20-18-28(33)32(24)26)16-8-6-7-11-21(2)23-12-9-14-25-29(39(4,34)35)19-17-22(3)31(23)25/h6-20H,2,5H2,1,3-4H3,(H,36,37,38)/b8-6+,11-7+,27-16-. The third-order valence-electron chi connectivity index (χ3n) is 7.16. The summed E-state index contributed by atoms with van der Waals surface area (Å²) in [5.41, 5.74) is 3.49. The molecule has 4 aromatic carbocycles. The number of benzene rings is 4. The fourth-order valence-corrected chi connectivity index (χ4v) is 7.01. The molecule has 0 amide bonds. The minimum atomic E-state index is -4.36. The van der Waals surface area contributed by atoms with Crippen molar-refractivity contribution >= 4 is 64.1 Å². The minimum Gasteiger partial charge on any atom is -0.341 e. The van der Waals surface area contributed by atoms with Crippen LogP contribution in [0.3, 0.4) is 0 Å². The number of hydrogen-bond donors (Lipinski definition) is 1. The van der Waals surface area contributed by atoms with E-state index in [0.717, 1.165) is 43.7 Å².